The van der Waals surface area contributed by atoms with Gasteiger partial charge in [-0.05, 0) is 141 Å². The van der Waals surface area contributed by atoms with Crippen LogP contribution in [-0.2, 0) is 0 Å². The van der Waals surface area contributed by atoms with Crippen molar-refractivity contribution in [2.45, 2.75) is 0 Å². The van der Waals surface area contributed by atoms with E-state index in [0.717, 1.165) is 47.2 Å². The fraction of sp³-hybridized carbons (Fsp3) is 0. The second-order valence-electron chi connectivity index (χ2n) is 17.9. The maximum atomic E-state index is 16.6. The van der Waals surface area contributed by atoms with E-state index < -0.39 is 46.5 Å². The number of benzene rings is 12. The van der Waals surface area contributed by atoms with Gasteiger partial charge in [0.1, 0.15) is 46.5 Å². The van der Waals surface area contributed by atoms with E-state index in [2.05, 4.69) is 0 Å². The summed E-state index contributed by atoms with van der Waals surface area (Å²) in [6.45, 7) is 0. The van der Waals surface area contributed by atoms with Gasteiger partial charge in [0.05, 0.1) is 22.7 Å². The van der Waals surface area contributed by atoms with Crippen LogP contribution >= 0.6 is 0 Å². The molecule has 0 spiro atoms. The Kier molecular flexibility index (Phi) is 11.4. The fourth-order valence-electron chi connectivity index (χ4n) is 10.2. The van der Waals surface area contributed by atoms with Crippen LogP contribution in [0.4, 0.5) is 69.2 Å². The summed E-state index contributed by atoms with van der Waals surface area (Å²) in [5.41, 5.74) is 2.95. The van der Waals surface area contributed by atoms with Gasteiger partial charge in [-0.3, -0.25) is 0 Å². The quantitative estimate of drug-likeness (QED) is 0.0995. The molecular formula is C64H36F8N2. The molecule has 12 rings (SSSR count). The molecule has 0 radical (unpaired) electrons. The van der Waals surface area contributed by atoms with Gasteiger partial charge in [-0.15, -0.1) is 0 Å². The van der Waals surface area contributed by atoms with Crippen molar-refractivity contribution in [2.75, 3.05) is 9.80 Å². The number of halogens is 8. The highest BCUT2D eigenvalue weighted by atomic mass is 19.2. The van der Waals surface area contributed by atoms with E-state index in [1.165, 1.54) is 34.1 Å². The van der Waals surface area contributed by atoms with Crippen LogP contribution in [0.1, 0.15) is 0 Å². The highest BCUT2D eigenvalue weighted by molar-refractivity contribution is 6.28. The number of rotatable bonds is 10. The van der Waals surface area contributed by atoms with Crippen LogP contribution in [-0.4, -0.2) is 0 Å². The van der Waals surface area contributed by atoms with E-state index in [0.29, 0.717) is 55.2 Å². The number of hydrogen-bond acceptors (Lipinski definition) is 2. The SMILES string of the molecule is Fc1ccc(F)c(N(c2cc(-c3ccccc3F)cc(-c3ccccc3F)c2)c2ccc3ccc4c(N(c5cc(-c6ccccc6F)cc(-c6ccccc6F)c5)c5cc(F)ccc5F)ccc5ccc2c3c54)c1. The lowest BCUT2D eigenvalue weighted by Gasteiger charge is -2.30. The van der Waals surface area contributed by atoms with Gasteiger partial charge in [0.2, 0.25) is 0 Å². The largest absolute Gasteiger partial charge is 0.307 e. The molecule has 10 heteroatoms. The molecule has 0 saturated heterocycles. The molecule has 0 N–H and O–H groups in total. The van der Waals surface area contributed by atoms with Gasteiger partial charge in [0.15, 0.2) is 0 Å². The average molecular weight is 985 g/mol. The Morgan fingerprint density at radius 2 is 0.554 bits per heavy atom. The first-order valence-electron chi connectivity index (χ1n) is 23.5. The molecule has 74 heavy (non-hydrogen) atoms. The minimum atomic E-state index is -0.789. The van der Waals surface area contributed by atoms with Crippen LogP contribution in [0.5, 0.6) is 0 Å². The van der Waals surface area contributed by atoms with Crippen molar-refractivity contribution >= 4 is 66.4 Å². The molecule has 0 aliphatic rings. The summed E-state index contributed by atoms with van der Waals surface area (Å²) in [6.07, 6.45) is 0. The summed E-state index contributed by atoms with van der Waals surface area (Å²) in [6, 6.07) is 55.0. The summed E-state index contributed by atoms with van der Waals surface area (Å²) in [5.74, 6) is -5.28. The number of anilines is 6. The van der Waals surface area contributed by atoms with E-state index >= 15 is 35.1 Å². The van der Waals surface area contributed by atoms with Crippen LogP contribution in [0.15, 0.2) is 218 Å². The molecule has 0 amide bonds. The molecule has 0 unspecified atom stereocenters. The van der Waals surface area contributed by atoms with Crippen molar-refractivity contribution in [1.82, 2.24) is 0 Å². The second-order valence-corrected chi connectivity index (χ2v) is 17.9. The lowest BCUT2D eigenvalue weighted by Crippen LogP contribution is -2.14. The van der Waals surface area contributed by atoms with Crippen LogP contribution in [0, 0.1) is 46.5 Å². The Bertz CT molecular complexity index is 3780. The normalized spacial score (nSPS) is 11.5. The molecule has 12 aromatic carbocycles. The standard InChI is InChI=1S/C64H36F8N2/c65-43-21-25-57(71)61(35-43)73(45-31-39(47-9-1-5-13-53(47)67)29-40(32-45)48-10-2-6-14-54(48)68)59-27-19-37-18-24-52-60(28-20-38-17-23-51(59)63(37)64(38)52)74(62-36-44(66)22-26-58(62)72)46-33-41(49-11-3-7-15-55(49)69)30-42(34-46)50-12-4-8-16-56(50)70/h1-36H. The molecule has 0 saturated carbocycles. The highest BCUT2D eigenvalue weighted by Gasteiger charge is 2.27. The maximum absolute atomic E-state index is 16.6. The summed E-state index contributed by atoms with van der Waals surface area (Å²) in [5, 5.41) is 3.89. The third-order valence-electron chi connectivity index (χ3n) is 13.5. The zero-order chi connectivity index (χ0) is 50.8. The van der Waals surface area contributed by atoms with E-state index in [1.807, 2.05) is 36.4 Å². The zero-order valence-corrected chi connectivity index (χ0v) is 38.7. The van der Waals surface area contributed by atoms with E-state index in [4.69, 9.17) is 0 Å². The van der Waals surface area contributed by atoms with Crippen LogP contribution < -0.4 is 9.80 Å². The van der Waals surface area contributed by atoms with Gasteiger partial charge < -0.3 is 9.80 Å². The summed E-state index contributed by atoms with van der Waals surface area (Å²) in [7, 11) is 0. The minimum absolute atomic E-state index is 0.189. The molecule has 0 aliphatic heterocycles. The smallest absolute Gasteiger partial charge is 0.147 e. The van der Waals surface area contributed by atoms with E-state index in [-0.39, 0.29) is 45.0 Å². The van der Waals surface area contributed by atoms with Gasteiger partial charge in [-0.25, -0.2) is 35.1 Å². The average Bonchev–Trinajstić information content (AvgIpc) is 3.41. The molecule has 12 aromatic rings. The van der Waals surface area contributed by atoms with Gasteiger partial charge in [0, 0.05) is 56.5 Å². The predicted octanol–water partition coefficient (Wildman–Crippen LogP) is 19.3. The molecule has 0 atom stereocenters. The Balaban J connectivity index is 1.14. The van der Waals surface area contributed by atoms with E-state index in [9.17, 15) is 0 Å². The van der Waals surface area contributed by atoms with Gasteiger partial charge in [0.25, 0.3) is 0 Å². The molecule has 358 valence electrons. The van der Waals surface area contributed by atoms with Gasteiger partial charge in [-0.2, -0.15) is 0 Å². The molecule has 0 bridgehead atoms. The minimum Gasteiger partial charge on any atom is -0.307 e. The molecule has 0 aliphatic carbocycles. The number of nitrogens with zero attached hydrogens (tertiary/aromatic N) is 2. The lowest BCUT2D eigenvalue weighted by molar-refractivity contribution is 0.601. The predicted molar refractivity (Wildman–Crippen MR) is 281 cm³/mol. The van der Waals surface area contributed by atoms with Crippen LogP contribution in [0.2, 0.25) is 0 Å². The van der Waals surface area contributed by atoms with Gasteiger partial charge >= 0.3 is 0 Å². The van der Waals surface area contributed by atoms with Crippen molar-refractivity contribution in [3.63, 3.8) is 0 Å². The first-order valence-corrected chi connectivity index (χ1v) is 23.5. The zero-order valence-electron chi connectivity index (χ0n) is 38.7. The van der Waals surface area contributed by atoms with E-state index in [1.54, 1.807) is 121 Å². The van der Waals surface area contributed by atoms with Crippen molar-refractivity contribution in [3.05, 3.63) is 265 Å². The third-order valence-corrected chi connectivity index (χ3v) is 13.5. The Hall–Kier alpha value is -9.28. The lowest BCUT2D eigenvalue weighted by atomic mass is 9.91. The first-order chi connectivity index (χ1) is 36.0. The van der Waals surface area contributed by atoms with Crippen molar-refractivity contribution in [3.8, 4) is 44.5 Å². The summed E-state index contributed by atoms with van der Waals surface area (Å²) >= 11 is 0. The summed E-state index contributed by atoms with van der Waals surface area (Å²) < 4.78 is 127. The molecule has 0 fully saturated rings. The summed E-state index contributed by atoms with van der Waals surface area (Å²) in [4.78, 5) is 3.04. The number of hydrogen-bond donors (Lipinski definition) is 0. The van der Waals surface area contributed by atoms with Crippen molar-refractivity contribution in [2.24, 2.45) is 0 Å². The topological polar surface area (TPSA) is 6.48 Å². The van der Waals surface area contributed by atoms with Crippen LogP contribution in [0.3, 0.4) is 0 Å². The molecule has 2 nitrogen and oxygen atoms in total. The Labute approximate surface area is 419 Å². The van der Waals surface area contributed by atoms with Crippen molar-refractivity contribution < 1.29 is 35.1 Å². The molecule has 0 aromatic heterocycles. The molecular weight excluding hydrogens is 949 g/mol. The van der Waals surface area contributed by atoms with Gasteiger partial charge in [-0.1, -0.05) is 109 Å². The maximum Gasteiger partial charge on any atom is 0.147 e. The highest BCUT2D eigenvalue weighted by Crippen LogP contribution is 2.50. The Morgan fingerprint density at radius 1 is 0.243 bits per heavy atom. The molecule has 0 heterocycles. The first kappa shape index (κ1) is 45.8. The Morgan fingerprint density at radius 3 is 0.878 bits per heavy atom. The monoisotopic (exact) mass is 984 g/mol. The fourth-order valence-corrected chi connectivity index (χ4v) is 10.2. The third kappa shape index (κ3) is 8.01. The van der Waals surface area contributed by atoms with Crippen LogP contribution in [0.25, 0.3) is 76.8 Å². The second kappa shape index (κ2) is 18.4. The van der Waals surface area contributed by atoms with Crippen molar-refractivity contribution in [1.29, 1.82) is 0 Å².